The summed E-state index contributed by atoms with van der Waals surface area (Å²) in [6.45, 7) is 11.3. The molecule has 0 fully saturated rings. The first-order chi connectivity index (χ1) is 8.96. The smallest absolute Gasteiger partial charge is 0.120 e. The zero-order valence-electron chi connectivity index (χ0n) is 13.1. The van der Waals surface area contributed by atoms with Crippen LogP contribution in [0.3, 0.4) is 0 Å². The molecule has 0 saturated heterocycles. The SMILES string of the molecule is CC(C)(O)C#Cc1ccc2c(c1)C(C)(C)N(O)C2(C)C. The number of fused-ring (bicyclic) bond motifs is 1. The van der Waals surface area contributed by atoms with Crippen molar-refractivity contribution >= 4 is 0 Å². The van der Waals surface area contributed by atoms with Crippen molar-refractivity contribution in [3.63, 3.8) is 0 Å². The molecule has 0 bridgehead atoms. The molecule has 0 aromatic heterocycles. The van der Waals surface area contributed by atoms with Crippen LogP contribution in [0.4, 0.5) is 0 Å². The number of hydroxylamine groups is 2. The van der Waals surface area contributed by atoms with Gasteiger partial charge >= 0.3 is 0 Å². The molecule has 1 heterocycles. The van der Waals surface area contributed by atoms with Gasteiger partial charge in [-0.3, -0.25) is 0 Å². The standard InChI is InChI=1S/C17H23NO2/c1-15(2,19)10-9-12-7-8-13-14(11-12)17(5,6)18(20)16(13,3)4/h7-8,11,19-20H,1-6H3. The Morgan fingerprint density at radius 3 is 2.15 bits per heavy atom. The molecule has 1 aromatic rings. The van der Waals surface area contributed by atoms with Crippen LogP contribution in [0, 0.1) is 11.8 Å². The Bertz CT molecular complexity index is 598. The molecule has 2 N–H and O–H groups in total. The van der Waals surface area contributed by atoms with Crippen molar-refractivity contribution in [2.24, 2.45) is 0 Å². The molecule has 108 valence electrons. The molecule has 20 heavy (non-hydrogen) atoms. The van der Waals surface area contributed by atoms with Crippen molar-refractivity contribution in [1.29, 1.82) is 0 Å². The molecule has 1 aliphatic heterocycles. The maximum Gasteiger partial charge on any atom is 0.120 e. The third kappa shape index (κ3) is 2.35. The molecule has 1 aromatic carbocycles. The molecule has 0 radical (unpaired) electrons. The van der Waals surface area contributed by atoms with Crippen LogP contribution in [-0.4, -0.2) is 21.0 Å². The van der Waals surface area contributed by atoms with Crippen molar-refractivity contribution in [2.45, 2.75) is 58.2 Å². The summed E-state index contributed by atoms with van der Waals surface area (Å²) < 4.78 is 0. The van der Waals surface area contributed by atoms with E-state index >= 15 is 0 Å². The van der Waals surface area contributed by atoms with Crippen LogP contribution in [-0.2, 0) is 11.1 Å². The van der Waals surface area contributed by atoms with Crippen molar-refractivity contribution in [3.05, 3.63) is 34.9 Å². The molecule has 0 amide bonds. The van der Waals surface area contributed by atoms with Crippen LogP contribution in [0.25, 0.3) is 0 Å². The first-order valence-corrected chi connectivity index (χ1v) is 6.86. The molecule has 0 saturated carbocycles. The number of rotatable bonds is 0. The predicted molar refractivity (Wildman–Crippen MR) is 79.3 cm³/mol. The molecule has 1 aliphatic rings. The highest BCUT2D eigenvalue weighted by molar-refractivity contribution is 5.49. The highest BCUT2D eigenvalue weighted by Crippen LogP contribution is 2.48. The fourth-order valence-corrected chi connectivity index (χ4v) is 2.81. The summed E-state index contributed by atoms with van der Waals surface area (Å²) in [6.07, 6.45) is 0. The fourth-order valence-electron chi connectivity index (χ4n) is 2.81. The summed E-state index contributed by atoms with van der Waals surface area (Å²) in [5, 5.41) is 21.5. The van der Waals surface area contributed by atoms with Gasteiger partial charge in [-0.1, -0.05) is 17.9 Å². The summed E-state index contributed by atoms with van der Waals surface area (Å²) in [5.41, 5.74) is 1.17. The van der Waals surface area contributed by atoms with Crippen molar-refractivity contribution in [1.82, 2.24) is 5.06 Å². The van der Waals surface area contributed by atoms with Gasteiger partial charge in [0.05, 0.1) is 11.1 Å². The monoisotopic (exact) mass is 273 g/mol. The Hall–Kier alpha value is -1.34. The van der Waals surface area contributed by atoms with Gasteiger partial charge in [-0.25, -0.2) is 0 Å². The van der Waals surface area contributed by atoms with E-state index in [0.29, 0.717) is 0 Å². The summed E-state index contributed by atoms with van der Waals surface area (Å²) >= 11 is 0. The molecule has 3 nitrogen and oxygen atoms in total. The normalized spacial score (nSPS) is 20.2. The van der Waals surface area contributed by atoms with Gasteiger partial charge in [0, 0.05) is 5.56 Å². The van der Waals surface area contributed by atoms with E-state index in [1.165, 1.54) is 5.06 Å². The molecule has 0 atom stereocenters. The van der Waals surface area contributed by atoms with Gasteiger partial charge in [0.1, 0.15) is 5.60 Å². The second-order valence-electron chi connectivity index (χ2n) is 7.00. The van der Waals surface area contributed by atoms with Gasteiger partial charge in [0.2, 0.25) is 0 Å². The van der Waals surface area contributed by atoms with E-state index in [-0.39, 0.29) is 0 Å². The van der Waals surface area contributed by atoms with E-state index in [9.17, 15) is 10.3 Å². The second-order valence-corrected chi connectivity index (χ2v) is 7.00. The van der Waals surface area contributed by atoms with E-state index in [1.807, 2.05) is 45.9 Å². The van der Waals surface area contributed by atoms with E-state index in [1.54, 1.807) is 13.8 Å². The molecule has 2 rings (SSSR count). The Balaban J connectivity index is 2.53. The highest BCUT2D eigenvalue weighted by Gasteiger charge is 2.48. The maximum absolute atomic E-state index is 10.4. The van der Waals surface area contributed by atoms with Crippen LogP contribution in [0.15, 0.2) is 18.2 Å². The first kappa shape index (κ1) is 15.1. The lowest BCUT2D eigenvalue weighted by molar-refractivity contribution is -0.216. The van der Waals surface area contributed by atoms with E-state index in [0.717, 1.165) is 16.7 Å². The summed E-state index contributed by atoms with van der Waals surface area (Å²) in [6, 6.07) is 5.96. The average molecular weight is 273 g/mol. The van der Waals surface area contributed by atoms with Gasteiger partial charge in [-0.15, -0.1) is 0 Å². The topological polar surface area (TPSA) is 43.7 Å². The van der Waals surface area contributed by atoms with Gasteiger partial charge < -0.3 is 10.3 Å². The highest BCUT2D eigenvalue weighted by atomic mass is 16.5. The largest absolute Gasteiger partial charge is 0.378 e. The second kappa shape index (κ2) is 4.33. The molecule has 0 spiro atoms. The molecule has 3 heteroatoms. The summed E-state index contributed by atoms with van der Waals surface area (Å²) in [5.74, 6) is 5.81. The number of benzene rings is 1. The number of aliphatic hydroxyl groups is 1. The van der Waals surface area contributed by atoms with E-state index < -0.39 is 16.7 Å². The molecule has 0 aliphatic carbocycles. The Labute approximate surface area is 121 Å². The molecular formula is C17H23NO2. The Kier molecular flexibility index (Phi) is 3.26. The zero-order valence-corrected chi connectivity index (χ0v) is 13.1. The maximum atomic E-state index is 10.4. The Morgan fingerprint density at radius 2 is 1.60 bits per heavy atom. The minimum absolute atomic E-state index is 0.416. The lowest BCUT2D eigenvalue weighted by atomic mass is 9.89. The third-order valence-electron chi connectivity index (χ3n) is 3.91. The van der Waals surface area contributed by atoms with Crippen LogP contribution in [0.2, 0.25) is 0 Å². The number of hydrogen-bond acceptors (Lipinski definition) is 3. The lowest BCUT2D eigenvalue weighted by Crippen LogP contribution is -2.42. The summed E-state index contributed by atoms with van der Waals surface area (Å²) in [7, 11) is 0. The zero-order chi connectivity index (χ0) is 15.3. The van der Waals surface area contributed by atoms with Gasteiger partial charge in [0.25, 0.3) is 0 Å². The molecular weight excluding hydrogens is 250 g/mol. The van der Waals surface area contributed by atoms with Gasteiger partial charge in [0.15, 0.2) is 0 Å². The van der Waals surface area contributed by atoms with E-state index in [4.69, 9.17) is 0 Å². The quantitative estimate of drug-likeness (QED) is 0.714. The fraction of sp³-hybridized carbons (Fsp3) is 0.529. The summed E-state index contributed by atoms with van der Waals surface area (Å²) in [4.78, 5) is 0. The number of nitrogens with zero attached hydrogens (tertiary/aromatic N) is 1. The van der Waals surface area contributed by atoms with Crippen molar-refractivity contribution < 1.29 is 10.3 Å². The first-order valence-electron chi connectivity index (χ1n) is 6.86. The van der Waals surface area contributed by atoms with Crippen LogP contribution in [0.1, 0.15) is 58.2 Å². The van der Waals surface area contributed by atoms with Crippen LogP contribution >= 0.6 is 0 Å². The minimum Gasteiger partial charge on any atom is -0.378 e. The third-order valence-corrected chi connectivity index (χ3v) is 3.91. The molecule has 0 unspecified atom stereocenters. The van der Waals surface area contributed by atoms with E-state index in [2.05, 4.69) is 11.8 Å². The van der Waals surface area contributed by atoms with Crippen molar-refractivity contribution in [2.75, 3.05) is 0 Å². The van der Waals surface area contributed by atoms with Gasteiger partial charge in [-0.05, 0) is 64.8 Å². The predicted octanol–water partition coefficient (Wildman–Crippen LogP) is 2.98. The van der Waals surface area contributed by atoms with Crippen molar-refractivity contribution in [3.8, 4) is 11.8 Å². The lowest BCUT2D eigenvalue weighted by Gasteiger charge is -2.34. The van der Waals surface area contributed by atoms with Gasteiger partial charge in [-0.2, -0.15) is 5.06 Å². The Morgan fingerprint density at radius 1 is 1.05 bits per heavy atom. The van der Waals surface area contributed by atoms with Crippen LogP contribution < -0.4 is 0 Å². The minimum atomic E-state index is -1.00. The average Bonchev–Trinajstić information content (AvgIpc) is 2.45. The number of hydrogen-bond donors (Lipinski definition) is 2. The van der Waals surface area contributed by atoms with Crippen LogP contribution in [0.5, 0.6) is 0 Å².